The number of imide groups is 2. The van der Waals surface area contributed by atoms with Gasteiger partial charge in [0.1, 0.15) is 6.04 Å². The fraction of sp³-hybridized carbons (Fsp3) is 0.512. The molecule has 18 nitrogen and oxygen atoms in total. The minimum absolute atomic E-state index is 0.0259. The number of anilines is 4. The third kappa shape index (κ3) is 8.20. The van der Waals surface area contributed by atoms with Crippen molar-refractivity contribution in [2.24, 2.45) is 17.6 Å². The highest BCUT2D eigenvalue weighted by Gasteiger charge is 2.45. The highest BCUT2D eigenvalue weighted by molar-refractivity contribution is 6.23. The first-order valence-electron chi connectivity index (χ1n) is 21.5. The lowest BCUT2D eigenvalue weighted by atomic mass is 9.89. The topological polar surface area (TPSA) is 211 Å². The number of carbonyl (C=O) groups excluding carboxylic acids is 6. The molecule has 7 heterocycles. The zero-order chi connectivity index (χ0) is 42.4. The summed E-state index contributed by atoms with van der Waals surface area (Å²) in [6.07, 6.45) is 5.28. The van der Waals surface area contributed by atoms with Gasteiger partial charge in [0.05, 0.1) is 11.1 Å². The van der Waals surface area contributed by atoms with Crippen LogP contribution in [0.25, 0.3) is 0 Å². The van der Waals surface area contributed by atoms with Crippen LogP contribution in [0.5, 0.6) is 0 Å². The predicted molar refractivity (Wildman–Crippen MR) is 224 cm³/mol. The number of aromatic nitrogens is 3. The molecule has 320 valence electrons. The summed E-state index contributed by atoms with van der Waals surface area (Å²) in [5.74, 6) is -0.840. The Kier molecular flexibility index (Phi) is 11.0. The van der Waals surface area contributed by atoms with E-state index in [1.807, 2.05) is 30.1 Å². The molecule has 2 unspecified atom stereocenters. The molecule has 3 aromatic rings. The van der Waals surface area contributed by atoms with Crippen molar-refractivity contribution >= 4 is 58.7 Å². The number of rotatable bonds is 11. The summed E-state index contributed by atoms with van der Waals surface area (Å²) >= 11 is 0. The number of amides is 7. The molecule has 0 radical (unpaired) electrons. The van der Waals surface area contributed by atoms with Crippen LogP contribution in [0.15, 0.2) is 42.5 Å². The lowest BCUT2D eigenvalue weighted by molar-refractivity contribution is -0.136. The molecule has 7 amide bonds. The predicted octanol–water partition coefficient (Wildman–Crippen LogP) is 2.41. The van der Waals surface area contributed by atoms with Crippen molar-refractivity contribution < 1.29 is 28.8 Å². The maximum absolute atomic E-state index is 13.4. The zero-order valence-corrected chi connectivity index (χ0v) is 34.4. The monoisotopic (exact) mass is 832 g/mol. The largest absolute Gasteiger partial charge is 0.371 e. The van der Waals surface area contributed by atoms with Gasteiger partial charge < -0.3 is 35.6 Å². The first-order chi connectivity index (χ1) is 29.5. The molecule has 2 aromatic carbocycles. The molecule has 0 bridgehead atoms. The Morgan fingerprint density at radius 3 is 2.30 bits per heavy atom. The van der Waals surface area contributed by atoms with Crippen molar-refractivity contribution in [3.8, 4) is 0 Å². The van der Waals surface area contributed by atoms with Gasteiger partial charge in [-0.2, -0.15) is 4.98 Å². The number of benzene rings is 2. The minimum atomic E-state index is -0.978. The molecule has 0 aliphatic carbocycles. The molecule has 4 N–H and O–H groups in total. The molecule has 5 fully saturated rings. The van der Waals surface area contributed by atoms with Crippen LogP contribution in [0, 0.1) is 11.8 Å². The minimum Gasteiger partial charge on any atom is -0.371 e. The van der Waals surface area contributed by atoms with Gasteiger partial charge in [-0.1, -0.05) is 12.1 Å². The number of hydrogen-bond donors (Lipinski definition) is 3. The number of urea groups is 1. The second-order valence-electron chi connectivity index (χ2n) is 17.4. The standard InChI is InChI=1S/C43H52N12O6/c1-50-19-20-54(43(50)61)25-26-3-2-15-53(24-26)42-47-38(36(37(44)57)48-49-42)45-30-6-4-28(5-7-30)29-13-16-51(17-14-29)22-27-12-18-52(23-27)31-8-9-32-33(21-31)41(60)55(40(32)59)34-10-11-35(56)46-39(34)58/h4-9,21,26-27,29,34H,2-3,10-20,22-25H2,1H3,(H2,44,57)(H,45,47,49)(H,46,56,58)/t26-,27?,34?/m1/s1. The molecule has 5 saturated heterocycles. The number of carbonyl (C=O) groups is 6. The Hall–Kier alpha value is -6.17. The van der Waals surface area contributed by atoms with E-state index in [1.54, 1.807) is 17.0 Å². The molecule has 6 aliphatic rings. The quantitative estimate of drug-likeness (QED) is 0.238. The first kappa shape index (κ1) is 40.2. The average Bonchev–Trinajstić information content (AvgIpc) is 3.93. The van der Waals surface area contributed by atoms with Crippen molar-refractivity contribution in [1.82, 2.24) is 40.1 Å². The van der Waals surface area contributed by atoms with Gasteiger partial charge in [0.15, 0.2) is 11.5 Å². The van der Waals surface area contributed by atoms with Gasteiger partial charge in [-0.05, 0) is 105 Å². The molecule has 3 atom stereocenters. The Morgan fingerprint density at radius 2 is 1.56 bits per heavy atom. The van der Waals surface area contributed by atoms with Crippen molar-refractivity contribution in [1.29, 1.82) is 0 Å². The van der Waals surface area contributed by atoms with Crippen LogP contribution >= 0.6 is 0 Å². The van der Waals surface area contributed by atoms with Crippen LogP contribution in [0.3, 0.4) is 0 Å². The second kappa shape index (κ2) is 16.7. The van der Waals surface area contributed by atoms with Gasteiger partial charge >= 0.3 is 6.03 Å². The molecule has 0 saturated carbocycles. The third-order valence-electron chi connectivity index (χ3n) is 13.3. The molecule has 18 heteroatoms. The van der Waals surface area contributed by atoms with Crippen molar-refractivity contribution in [2.45, 2.75) is 56.9 Å². The number of hydrogen-bond acceptors (Lipinski definition) is 13. The van der Waals surface area contributed by atoms with Gasteiger partial charge in [0, 0.05) is 77.2 Å². The smallest absolute Gasteiger partial charge is 0.319 e. The van der Waals surface area contributed by atoms with Crippen molar-refractivity contribution in [3.05, 3.63) is 64.8 Å². The zero-order valence-electron chi connectivity index (χ0n) is 34.4. The third-order valence-corrected chi connectivity index (χ3v) is 13.3. The molecule has 61 heavy (non-hydrogen) atoms. The maximum atomic E-state index is 13.4. The summed E-state index contributed by atoms with van der Waals surface area (Å²) < 4.78 is 0. The molecular weight excluding hydrogens is 781 g/mol. The van der Waals surface area contributed by atoms with Crippen LogP contribution in [0.4, 0.5) is 27.9 Å². The number of primary amides is 1. The number of likely N-dealkylation sites (tertiary alicyclic amines) is 1. The molecule has 6 aliphatic heterocycles. The number of piperidine rings is 3. The van der Waals surface area contributed by atoms with Crippen LogP contribution < -0.4 is 26.2 Å². The van der Waals surface area contributed by atoms with E-state index in [9.17, 15) is 28.8 Å². The molecular formula is C43H52N12O6. The van der Waals surface area contributed by atoms with Gasteiger partial charge in [-0.25, -0.2) is 4.79 Å². The maximum Gasteiger partial charge on any atom is 0.319 e. The summed E-state index contributed by atoms with van der Waals surface area (Å²) in [6.45, 7) is 8.29. The Morgan fingerprint density at radius 1 is 0.803 bits per heavy atom. The summed E-state index contributed by atoms with van der Waals surface area (Å²) in [7, 11) is 1.83. The van der Waals surface area contributed by atoms with Gasteiger partial charge in [0.25, 0.3) is 17.7 Å². The van der Waals surface area contributed by atoms with Crippen LogP contribution in [-0.4, -0.2) is 149 Å². The van der Waals surface area contributed by atoms with Crippen molar-refractivity contribution in [3.63, 3.8) is 0 Å². The summed E-state index contributed by atoms with van der Waals surface area (Å²) in [5.41, 5.74) is 9.18. The SMILES string of the molecule is CN1CCN(C[C@@H]2CCCN(c3nnc(C(N)=O)c(Nc4ccc(C5CCN(CC6CCN(c7ccc8c(c7)C(=O)N(C7CCC(=O)NC7=O)C8=O)C6)CC5)cc4)n3)C2)C1=O. The van der Waals surface area contributed by atoms with Gasteiger partial charge in [-0.3, -0.25) is 34.2 Å². The van der Waals surface area contributed by atoms with E-state index in [4.69, 9.17) is 10.7 Å². The number of nitrogens with two attached hydrogens (primary N) is 1. The van der Waals surface area contributed by atoms with E-state index >= 15 is 0 Å². The van der Waals surface area contributed by atoms with Crippen molar-refractivity contribution in [2.75, 3.05) is 87.6 Å². The second-order valence-corrected chi connectivity index (χ2v) is 17.4. The Balaban J connectivity index is 0.764. The molecule has 9 rings (SSSR count). The highest BCUT2D eigenvalue weighted by Crippen LogP contribution is 2.35. The lowest BCUT2D eigenvalue weighted by Crippen LogP contribution is -2.54. The number of nitrogens with zero attached hydrogens (tertiary/aromatic N) is 9. The van der Waals surface area contributed by atoms with E-state index < -0.39 is 35.6 Å². The van der Waals surface area contributed by atoms with E-state index in [0.717, 1.165) is 101 Å². The van der Waals surface area contributed by atoms with E-state index in [0.29, 0.717) is 42.0 Å². The van der Waals surface area contributed by atoms with Gasteiger partial charge in [-0.15, -0.1) is 10.2 Å². The van der Waals surface area contributed by atoms with Gasteiger partial charge in [0.2, 0.25) is 17.8 Å². The van der Waals surface area contributed by atoms with Crippen LogP contribution in [0.1, 0.15) is 87.6 Å². The fourth-order valence-electron chi connectivity index (χ4n) is 9.95. The Labute approximate surface area is 353 Å². The number of nitrogens with one attached hydrogen (secondary N) is 2. The van der Waals surface area contributed by atoms with E-state index in [2.05, 4.69) is 47.7 Å². The first-order valence-corrected chi connectivity index (χ1v) is 21.5. The average molecular weight is 833 g/mol. The van der Waals surface area contributed by atoms with Crippen LogP contribution in [0.2, 0.25) is 0 Å². The fourth-order valence-corrected chi connectivity index (χ4v) is 9.95. The summed E-state index contributed by atoms with van der Waals surface area (Å²) in [5, 5.41) is 14.0. The highest BCUT2D eigenvalue weighted by atomic mass is 16.2. The van der Waals surface area contributed by atoms with E-state index in [1.165, 1.54) is 5.56 Å². The number of fused-ring (bicyclic) bond motifs is 1. The molecule has 0 spiro atoms. The Bertz CT molecular complexity index is 2250. The normalized spacial score (nSPS) is 23.9. The summed E-state index contributed by atoms with van der Waals surface area (Å²) in [4.78, 5) is 91.8. The van der Waals surface area contributed by atoms with Crippen LogP contribution in [-0.2, 0) is 9.59 Å². The lowest BCUT2D eigenvalue weighted by Gasteiger charge is -2.34. The number of likely N-dealkylation sites (N-methyl/N-ethyl adjacent to an activating group) is 1. The molecule has 1 aromatic heterocycles. The van der Waals surface area contributed by atoms with E-state index in [-0.39, 0.29) is 36.3 Å². The summed E-state index contributed by atoms with van der Waals surface area (Å²) in [6, 6.07) is 12.7.